The van der Waals surface area contributed by atoms with Crippen molar-refractivity contribution >= 4 is 11.9 Å². The van der Waals surface area contributed by atoms with Crippen LogP contribution in [0.15, 0.2) is 0 Å². The summed E-state index contributed by atoms with van der Waals surface area (Å²) >= 11 is 0. The van der Waals surface area contributed by atoms with Gasteiger partial charge in [0.05, 0.1) is 19.3 Å². The molecule has 114 valence electrons. The Morgan fingerprint density at radius 1 is 1.15 bits per heavy atom. The summed E-state index contributed by atoms with van der Waals surface area (Å²) in [5, 5.41) is 3.36. The van der Waals surface area contributed by atoms with E-state index >= 15 is 0 Å². The fourth-order valence-corrected chi connectivity index (χ4v) is 2.75. The summed E-state index contributed by atoms with van der Waals surface area (Å²) in [6.45, 7) is 5.80. The first-order valence-corrected chi connectivity index (χ1v) is 7.25. The molecule has 2 aliphatic rings. The molecule has 1 unspecified atom stereocenters. The van der Waals surface area contributed by atoms with Gasteiger partial charge in [-0.25, -0.2) is 4.79 Å². The number of morpholine rings is 1. The highest BCUT2D eigenvalue weighted by Gasteiger charge is 2.27. The van der Waals surface area contributed by atoms with Crippen LogP contribution in [-0.4, -0.2) is 73.2 Å². The number of amides is 3. The number of ether oxygens (including phenoxy) is 1. The lowest BCUT2D eigenvalue weighted by molar-refractivity contribution is -0.137. The summed E-state index contributed by atoms with van der Waals surface area (Å²) in [6.07, 6.45) is 1.67. The monoisotopic (exact) mass is 284 g/mol. The van der Waals surface area contributed by atoms with Gasteiger partial charge in [-0.2, -0.15) is 0 Å². The minimum Gasteiger partial charge on any atom is -0.378 e. The molecule has 2 rings (SSSR count). The molecule has 2 fully saturated rings. The van der Waals surface area contributed by atoms with E-state index in [0.717, 1.165) is 12.8 Å². The molecule has 0 spiro atoms. The molecule has 0 saturated carbocycles. The predicted octanol–water partition coefficient (Wildman–Crippen LogP) is -0.634. The van der Waals surface area contributed by atoms with Crippen LogP contribution in [0.3, 0.4) is 0 Å². The minimum absolute atomic E-state index is 0.130. The molecule has 7 heteroatoms. The highest BCUT2D eigenvalue weighted by molar-refractivity contribution is 5.81. The van der Waals surface area contributed by atoms with Gasteiger partial charge in [0.2, 0.25) is 5.91 Å². The van der Waals surface area contributed by atoms with Crippen molar-refractivity contribution in [1.82, 2.24) is 15.1 Å². The van der Waals surface area contributed by atoms with E-state index in [1.807, 2.05) is 11.8 Å². The first-order valence-electron chi connectivity index (χ1n) is 7.25. The summed E-state index contributed by atoms with van der Waals surface area (Å²) in [5.74, 6) is 0.130. The van der Waals surface area contributed by atoms with Crippen molar-refractivity contribution in [2.75, 3.05) is 39.4 Å². The number of nitrogens with zero attached hydrogens (tertiary/aromatic N) is 2. The molecule has 2 saturated heterocycles. The summed E-state index contributed by atoms with van der Waals surface area (Å²) in [6, 6.07) is -0.287. The molecule has 0 aromatic heterocycles. The van der Waals surface area contributed by atoms with Gasteiger partial charge in [0.1, 0.15) is 0 Å². The standard InChI is InChI=1S/C13H24N4O3/c1-10(12(18)16-6-8-20-9-7-16)15-11-2-4-17(5-3-11)13(14)19/h10-11,15H,2-9H2,1H3,(H2,14,19). The van der Waals surface area contributed by atoms with Crippen LogP contribution in [0.1, 0.15) is 19.8 Å². The van der Waals surface area contributed by atoms with Gasteiger partial charge in [-0.05, 0) is 19.8 Å². The van der Waals surface area contributed by atoms with Crippen LogP contribution in [0.4, 0.5) is 4.79 Å². The van der Waals surface area contributed by atoms with E-state index in [4.69, 9.17) is 10.5 Å². The van der Waals surface area contributed by atoms with Gasteiger partial charge in [-0.1, -0.05) is 0 Å². The van der Waals surface area contributed by atoms with Crippen molar-refractivity contribution in [2.45, 2.75) is 31.8 Å². The Bertz CT molecular complexity index is 350. The smallest absolute Gasteiger partial charge is 0.314 e. The minimum atomic E-state index is -0.360. The van der Waals surface area contributed by atoms with E-state index in [9.17, 15) is 9.59 Å². The number of likely N-dealkylation sites (tertiary alicyclic amines) is 1. The number of piperidine rings is 1. The number of nitrogens with two attached hydrogens (primary N) is 1. The number of nitrogens with one attached hydrogen (secondary N) is 1. The molecule has 0 aromatic carbocycles. The summed E-state index contributed by atoms with van der Waals surface area (Å²) < 4.78 is 5.25. The lowest BCUT2D eigenvalue weighted by Gasteiger charge is -2.34. The Kier molecular flexibility index (Phi) is 5.19. The number of rotatable bonds is 3. The maximum absolute atomic E-state index is 12.3. The first-order chi connectivity index (χ1) is 9.58. The van der Waals surface area contributed by atoms with Crippen molar-refractivity contribution in [1.29, 1.82) is 0 Å². The van der Waals surface area contributed by atoms with Gasteiger partial charge in [-0.3, -0.25) is 4.79 Å². The second kappa shape index (κ2) is 6.90. The molecule has 0 radical (unpaired) electrons. The number of primary amides is 1. The van der Waals surface area contributed by atoms with E-state index in [2.05, 4.69) is 5.32 Å². The van der Waals surface area contributed by atoms with Crippen molar-refractivity contribution in [3.05, 3.63) is 0 Å². The van der Waals surface area contributed by atoms with E-state index in [1.165, 1.54) is 0 Å². The number of hydrogen-bond acceptors (Lipinski definition) is 4. The van der Waals surface area contributed by atoms with Gasteiger partial charge in [0, 0.05) is 32.2 Å². The number of hydrogen-bond donors (Lipinski definition) is 2. The van der Waals surface area contributed by atoms with Crippen LogP contribution in [0.2, 0.25) is 0 Å². The molecule has 0 bridgehead atoms. The third-order valence-corrected chi connectivity index (χ3v) is 3.99. The van der Waals surface area contributed by atoms with E-state index in [-0.39, 0.29) is 24.0 Å². The molecule has 3 N–H and O–H groups in total. The molecule has 2 aliphatic heterocycles. The van der Waals surface area contributed by atoms with Crippen LogP contribution >= 0.6 is 0 Å². The topological polar surface area (TPSA) is 87.9 Å². The summed E-state index contributed by atoms with van der Waals surface area (Å²) in [7, 11) is 0. The molecule has 20 heavy (non-hydrogen) atoms. The van der Waals surface area contributed by atoms with Crippen LogP contribution in [0.5, 0.6) is 0 Å². The number of urea groups is 1. The van der Waals surface area contributed by atoms with Crippen LogP contribution in [0, 0.1) is 0 Å². The highest BCUT2D eigenvalue weighted by Crippen LogP contribution is 2.11. The Balaban J connectivity index is 1.75. The Morgan fingerprint density at radius 2 is 1.75 bits per heavy atom. The molecular weight excluding hydrogens is 260 g/mol. The van der Waals surface area contributed by atoms with Crippen molar-refractivity contribution in [3.8, 4) is 0 Å². The third kappa shape index (κ3) is 3.83. The quantitative estimate of drug-likeness (QED) is 0.722. The van der Waals surface area contributed by atoms with Gasteiger partial charge in [0.15, 0.2) is 0 Å². The molecular formula is C13H24N4O3. The van der Waals surface area contributed by atoms with Crippen molar-refractivity contribution in [3.63, 3.8) is 0 Å². The van der Waals surface area contributed by atoms with Gasteiger partial charge >= 0.3 is 6.03 Å². The second-order valence-electron chi connectivity index (χ2n) is 5.43. The molecule has 1 atom stereocenters. The highest BCUT2D eigenvalue weighted by atomic mass is 16.5. The summed E-state index contributed by atoms with van der Waals surface area (Å²) in [5.41, 5.74) is 5.25. The zero-order valence-electron chi connectivity index (χ0n) is 12.0. The molecule has 2 heterocycles. The fourth-order valence-electron chi connectivity index (χ4n) is 2.75. The first kappa shape index (κ1) is 15.1. The number of carbonyl (C=O) groups excluding carboxylic acids is 2. The van der Waals surface area contributed by atoms with Crippen LogP contribution in [-0.2, 0) is 9.53 Å². The fraction of sp³-hybridized carbons (Fsp3) is 0.846. The average molecular weight is 284 g/mol. The molecule has 3 amide bonds. The van der Waals surface area contributed by atoms with E-state index < -0.39 is 0 Å². The zero-order valence-corrected chi connectivity index (χ0v) is 12.0. The van der Waals surface area contributed by atoms with Crippen LogP contribution in [0.25, 0.3) is 0 Å². The average Bonchev–Trinajstić information content (AvgIpc) is 2.48. The normalized spacial score (nSPS) is 22.6. The Morgan fingerprint density at radius 3 is 2.30 bits per heavy atom. The van der Waals surface area contributed by atoms with E-state index in [1.54, 1.807) is 4.90 Å². The van der Waals surface area contributed by atoms with Crippen molar-refractivity contribution < 1.29 is 14.3 Å². The van der Waals surface area contributed by atoms with Gasteiger partial charge in [-0.15, -0.1) is 0 Å². The number of carbonyl (C=O) groups is 2. The van der Waals surface area contributed by atoms with Crippen molar-refractivity contribution in [2.24, 2.45) is 5.73 Å². The Labute approximate surface area is 119 Å². The summed E-state index contributed by atoms with van der Waals surface area (Å²) in [4.78, 5) is 26.8. The maximum Gasteiger partial charge on any atom is 0.314 e. The second-order valence-corrected chi connectivity index (χ2v) is 5.43. The zero-order chi connectivity index (χ0) is 14.5. The van der Waals surface area contributed by atoms with Crippen LogP contribution < -0.4 is 11.1 Å². The Hall–Kier alpha value is -1.34. The van der Waals surface area contributed by atoms with Gasteiger partial charge < -0.3 is 25.6 Å². The lowest BCUT2D eigenvalue weighted by Crippen LogP contribution is -2.54. The van der Waals surface area contributed by atoms with Gasteiger partial charge in [0.25, 0.3) is 0 Å². The lowest BCUT2D eigenvalue weighted by atomic mass is 10.0. The predicted molar refractivity (Wildman–Crippen MR) is 74.2 cm³/mol. The molecule has 7 nitrogen and oxygen atoms in total. The largest absolute Gasteiger partial charge is 0.378 e. The third-order valence-electron chi connectivity index (χ3n) is 3.99. The van der Waals surface area contributed by atoms with E-state index in [0.29, 0.717) is 39.4 Å². The maximum atomic E-state index is 12.3. The molecule has 0 aliphatic carbocycles. The molecule has 0 aromatic rings. The SMILES string of the molecule is CC(NC1CCN(C(N)=O)CC1)C(=O)N1CCOCC1.